The third kappa shape index (κ3) is 5.74. The molecule has 11 nitrogen and oxygen atoms in total. The Morgan fingerprint density at radius 1 is 1.09 bits per heavy atom. The Bertz CT molecular complexity index is 881. The van der Waals surface area contributed by atoms with Crippen molar-refractivity contribution in [1.82, 2.24) is 21.1 Å². The zero-order chi connectivity index (χ0) is 23.1. The fourth-order valence-corrected chi connectivity index (χ4v) is 3.56. The number of urea groups is 1. The van der Waals surface area contributed by atoms with Gasteiger partial charge in [-0.1, -0.05) is 25.1 Å². The predicted molar refractivity (Wildman–Crippen MR) is 110 cm³/mol. The van der Waals surface area contributed by atoms with Gasteiger partial charge in [0, 0.05) is 0 Å². The maximum absolute atomic E-state index is 12.7. The van der Waals surface area contributed by atoms with Crippen molar-refractivity contribution >= 4 is 29.7 Å². The second-order valence-corrected chi connectivity index (χ2v) is 7.91. The first-order chi connectivity index (χ1) is 15.3. The average molecular weight is 446 g/mol. The number of amides is 5. The highest BCUT2D eigenvalue weighted by molar-refractivity contribution is 6.08. The largest absolute Gasteiger partial charge is 0.484 e. The van der Waals surface area contributed by atoms with E-state index in [1.807, 2.05) is 0 Å². The van der Waals surface area contributed by atoms with Gasteiger partial charge in [0.2, 0.25) is 0 Å². The molecule has 11 heteroatoms. The summed E-state index contributed by atoms with van der Waals surface area (Å²) in [5.74, 6) is -1.78. The summed E-state index contributed by atoms with van der Waals surface area (Å²) in [5, 5.41) is 5.61. The number of benzene rings is 1. The quantitative estimate of drug-likeness (QED) is 0.384. The number of para-hydroxylation sites is 1. The number of ether oxygens (including phenoxy) is 2. The zero-order valence-electron chi connectivity index (χ0n) is 17.7. The van der Waals surface area contributed by atoms with Crippen LogP contribution in [0.2, 0.25) is 0 Å². The standard InChI is InChI=1S/C21H26N4O7/c1-14-7-9-21(10-8-14)19(29)25(20(30)23-21)24-17(27)13-32-18(28)11-22-16(26)12-31-15-5-3-2-4-6-15/h2-6,14H,7-13H2,1H3,(H,22,26)(H,23,30)(H,24,27). The van der Waals surface area contributed by atoms with Gasteiger partial charge in [0.25, 0.3) is 17.7 Å². The number of nitrogens with zero attached hydrogens (tertiary/aromatic N) is 1. The number of carbonyl (C=O) groups excluding carboxylic acids is 5. The third-order valence-electron chi connectivity index (χ3n) is 5.43. The third-order valence-corrected chi connectivity index (χ3v) is 5.43. The molecule has 3 N–H and O–H groups in total. The van der Waals surface area contributed by atoms with Gasteiger partial charge in [-0.15, -0.1) is 0 Å². The van der Waals surface area contributed by atoms with Crippen molar-refractivity contribution in [3.05, 3.63) is 30.3 Å². The van der Waals surface area contributed by atoms with Gasteiger partial charge < -0.3 is 20.1 Å². The maximum atomic E-state index is 12.7. The first-order valence-corrected chi connectivity index (χ1v) is 10.4. The molecule has 5 amide bonds. The lowest BCUT2D eigenvalue weighted by atomic mass is 9.77. The molecule has 2 fully saturated rings. The maximum Gasteiger partial charge on any atom is 0.344 e. The van der Waals surface area contributed by atoms with Crippen LogP contribution in [0, 0.1) is 5.92 Å². The van der Waals surface area contributed by atoms with Crippen LogP contribution in [0.4, 0.5) is 4.79 Å². The van der Waals surface area contributed by atoms with Crippen molar-refractivity contribution < 1.29 is 33.4 Å². The molecule has 1 spiro atoms. The summed E-state index contributed by atoms with van der Waals surface area (Å²) < 4.78 is 10.0. The molecular weight excluding hydrogens is 420 g/mol. The molecule has 2 aliphatic rings. The van der Waals surface area contributed by atoms with E-state index >= 15 is 0 Å². The van der Waals surface area contributed by atoms with Crippen LogP contribution < -0.4 is 20.8 Å². The number of esters is 1. The van der Waals surface area contributed by atoms with Crippen LogP contribution in [0.25, 0.3) is 0 Å². The monoisotopic (exact) mass is 446 g/mol. The van der Waals surface area contributed by atoms with E-state index in [1.54, 1.807) is 30.3 Å². The lowest BCUT2D eigenvalue weighted by Gasteiger charge is -2.33. The molecule has 1 saturated carbocycles. The topological polar surface area (TPSA) is 143 Å². The number of nitrogens with one attached hydrogen (secondary N) is 3. The van der Waals surface area contributed by atoms with E-state index in [0.717, 1.165) is 12.8 Å². The fourth-order valence-electron chi connectivity index (χ4n) is 3.56. The minimum absolute atomic E-state index is 0.287. The van der Waals surface area contributed by atoms with Crippen LogP contribution in [-0.4, -0.2) is 60.0 Å². The van der Waals surface area contributed by atoms with Crippen LogP contribution in [0.5, 0.6) is 5.75 Å². The van der Waals surface area contributed by atoms with Gasteiger partial charge in [0.1, 0.15) is 17.8 Å². The second-order valence-electron chi connectivity index (χ2n) is 7.91. The Kier molecular flexibility index (Phi) is 7.29. The summed E-state index contributed by atoms with van der Waals surface area (Å²) in [6.07, 6.45) is 2.61. The van der Waals surface area contributed by atoms with Crippen LogP contribution in [-0.2, 0) is 23.9 Å². The Labute approximate surface area is 184 Å². The fraction of sp³-hybridized carbons (Fsp3) is 0.476. The summed E-state index contributed by atoms with van der Waals surface area (Å²) in [5.41, 5.74) is 1.18. The van der Waals surface area contributed by atoms with Crippen molar-refractivity contribution in [2.45, 2.75) is 38.1 Å². The molecule has 1 aromatic rings. The minimum Gasteiger partial charge on any atom is -0.484 e. The van der Waals surface area contributed by atoms with Gasteiger partial charge in [0.15, 0.2) is 13.2 Å². The second kappa shape index (κ2) is 10.1. The van der Waals surface area contributed by atoms with E-state index in [4.69, 9.17) is 9.47 Å². The molecule has 172 valence electrons. The number of hydrogen-bond acceptors (Lipinski definition) is 7. The molecule has 32 heavy (non-hydrogen) atoms. The Morgan fingerprint density at radius 2 is 1.78 bits per heavy atom. The van der Waals surface area contributed by atoms with Crippen molar-refractivity contribution in [2.75, 3.05) is 19.8 Å². The zero-order valence-corrected chi connectivity index (χ0v) is 17.7. The first kappa shape index (κ1) is 23.0. The van der Waals surface area contributed by atoms with E-state index in [0.29, 0.717) is 29.5 Å². The van der Waals surface area contributed by atoms with Gasteiger partial charge >= 0.3 is 12.0 Å². The number of imide groups is 1. The van der Waals surface area contributed by atoms with Gasteiger partial charge in [-0.2, -0.15) is 5.01 Å². The average Bonchev–Trinajstić information content (AvgIpc) is 3.01. The Morgan fingerprint density at radius 3 is 2.47 bits per heavy atom. The molecule has 0 bridgehead atoms. The molecule has 1 saturated heterocycles. The number of hydrazine groups is 1. The van der Waals surface area contributed by atoms with Crippen LogP contribution in [0.3, 0.4) is 0 Å². The Balaban J connectivity index is 1.36. The molecule has 1 aromatic carbocycles. The number of hydrogen-bond donors (Lipinski definition) is 3. The van der Waals surface area contributed by atoms with Crippen LogP contribution in [0.1, 0.15) is 32.6 Å². The number of carbonyl (C=O) groups is 5. The molecule has 1 heterocycles. The number of rotatable bonds is 8. The Hall–Kier alpha value is -3.63. The molecule has 0 atom stereocenters. The summed E-state index contributed by atoms with van der Waals surface area (Å²) >= 11 is 0. The molecule has 0 aromatic heterocycles. The SMILES string of the molecule is CC1CCC2(CC1)NC(=O)N(NC(=O)COC(=O)CNC(=O)COc1ccccc1)C2=O. The molecule has 3 rings (SSSR count). The highest BCUT2D eigenvalue weighted by Crippen LogP contribution is 2.35. The van der Waals surface area contributed by atoms with Gasteiger partial charge in [-0.3, -0.25) is 24.6 Å². The summed E-state index contributed by atoms with van der Waals surface area (Å²) in [7, 11) is 0. The van der Waals surface area contributed by atoms with Gasteiger partial charge in [-0.05, 0) is 43.7 Å². The minimum atomic E-state index is -0.986. The van der Waals surface area contributed by atoms with Gasteiger partial charge in [-0.25, -0.2) is 4.79 Å². The predicted octanol–water partition coefficient (Wildman–Crippen LogP) is 0.257. The first-order valence-electron chi connectivity index (χ1n) is 10.4. The smallest absolute Gasteiger partial charge is 0.344 e. The normalized spacial score (nSPS) is 22.3. The molecule has 1 aliphatic heterocycles. The van der Waals surface area contributed by atoms with Crippen LogP contribution >= 0.6 is 0 Å². The van der Waals surface area contributed by atoms with Crippen LogP contribution in [0.15, 0.2) is 30.3 Å². The van der Waals surface area contributed by atoms with E-state index < -0.39 is 48.4 Å². The molecule has 0 unspecified atom stereocenters. The molecule has 0 radical (unpaired) electrons. The van der Waals surface area contributed by atoms with E-state index in [1.165, 1.54) is 0 Å². The summed E-state index contributed by atoms with van der Waals surface area (Å²) in [4.78, 5) is 60.4. The summed E-state index contributed by atoms with van der Waals surface area (Å²) in [6.45, 7) is 0.621. The highest BCUT2D eigenvalue weighted by atomic mass is 16.5. The van der Waals surface area contributed by atoms with Crippen molar-refractivity contribution in [3.63, 3.8) is 0 Å². The lowest BCUT2D eigenvalue weighted by Crippen LogP contribution is -2.52. The van der Waals surface area contributed by atoms with Gasteiger partial charge in [0.05, 0.1) is 0 Å². The lowest BCUT2D eigenvalue weighted by molar-refractivity contribution is -0.150. The summed E-state index contributed by atoms with van der Waals surface area (Å²) in [6, 6.07) is 7.97. The van der Waals surface area contributed by atoms with Crippen molar-refractivity contribution in [2.24, 2.45) is 5.92 Å². The molecule has 1 aliphatic carbocycles. The molecular formula is C21H26N4O7. The van der Waals surface area contributed by atoms with Crippen molar-refractivity contribution in [3.8, 4) is 5.75 Å². The van der Waals surface area contributed by atoms with E-state index in [9.17, 15) is 24.0 Å². The van der Waals surface area contributed by atoms with E-state index in [-0.39, 0.29) is 6.61 Å². The highest BCUT2D eigenvalue weighted by Gasteiger charge is 2.52. The van der Waals surface area contributed by atoms with E-state index in [2.05, 4.69) is 23.0 Å². The van der Waals surface area contributed by atoms with Crippen molar-refractivity contribution in [1.29, 1.82) is 0 Å².